The quantitative estimate of drug-likeness (QED) is 0.780. The molecular weight excluding hydrogens is 296 g/mol. The van der Waals surface area contributed by atoms with Crippen LogP contribution in [0.4, 0.5) is 5.13 Å². The number of hydrogen-bond acceptors (Lipinski definition) is 5. The van der Waals surface area contributed by atoms with Gasteiger partial charge in [0.15, 0.2) is 5.13 Å². The lowest BCUT2D eigenvalue weighted by Gasteiger charge is -2.25. The SMILES string of the molecule is O=C(Nc1ncc(-c2ccc3cnccc3c2)s1)C1CNC1. The summed E-state index contributed by atoms with van der Waals surface area (Å²) < 4.78 is 0. The average molecular weight is 310 g/mol. The molecule has 0 aliphatic carbocycles. The Hall–Kier alpha value is -2.31. The van der Waals surface area contributed by atoms with E-state index in [1.807, 2.05) is 18.5 Å². The van der Waals surface area contributed by atoms with Crippen LogP contribution in [0.5, 0.6) is 0 Å². The number of nitrogens with one attached hydrogen (secondary N) is 2. The van der Waals surface area contributed by atoms with E-state index in [0.717, 1.165) is 34.3 Å². The predicted molar refractivity (Wildman–Crippen MR) is 87.8 cm³/mol. The van der Waals surface area contributed by atoms with Crippen molar-refractivity contribution in [1.82, 2.24) is 15.3 Å². The maximum atomic E-state index is 11.9. The van der Waals surface area contributed by atoms with E-state index in [2.05, 4.69) is 38.8 Å². The first kappa shape index (κ1) is 13.4. The maximum absolute atomic E-state index is 11.9. The molecule has 2 N–H and O–H groups in total. The fourth-order valence-corrected chi connectivity index (χ4v) is 3.20. The highest BCUT2D eigenvalue weighted by molar-refractivity contribution is 7.19. The molecule has 1 saturated heterocycles. The van der Waals surface area contributed by atoms with E-state index in [0.29, 0.717) is 5.13 Å². The molecule has 0 spiro atoms. The lowest BCUT2D eigenvalue weighted by Crippen LogP contribution is -2.48. The van der Waals surface area contributed by atoms with Gasteiger partial charge in [-0.3, -0.25) is 9.78 Å². The third-order valence-electron chi connectivity index (χ3n) is 3.81. The summed E-state index contributed by atoms with van der Waals surface area (Å²) >= 11 is 1.50. The summed E-state index contributed by atoms with van der Waals surface area (Å²) in [5.74, 6) is 0.116. The maximum Gasteiger partial charge on any atom is 0.231 e. The van der Waals surface area contributed by atoms with Crippen LogP contribution < -0.4 is 10.6 Å². The van der Waals surface area contributed by atoms with Gasteiger partial charge in [-0.1, -0.05) is 23.5 Å². The van der Waals surface area contributed by atoms with Gasteiger partial charge < -0.3 is 10.6 Å². The highest BCUT2D eigenvalue weighted by atomic mass is 32.1. The lowest BCUT2D eigenvalue weighted by molar-refractivity contribution is -0.121. The highest BCUT2D eigenvalue weighted by Gasteiger charge is 2.25. The summed E-state index contributed by atoms with van der Waals surface area (Å²) in [6, 6.07) is 8.22. The second-order valence-electron chi connectivity index (χ2n) is 5.31. The number of hydrogen-bond donors (Lipinski definition) is 2. The summed E-state index contributed by atoms with van der Waals surface area (Å²) in [6.45, 7) is 1.51. The second-order valence-corrected chi connectivity index (χ2v) is 6.34. The van der Waals surface area contributed by atoms with E-state index >= 15 is 0 Å². The van der Waals surface area contributed by atoms with Crippen LogP contribution in [-0.2, 0) is 4.79 Å². The fourth-order valence-electron chi connectivity index (χ4n) is 2.38. The Morgan fingerprint density at radius 1 is 1.23 bits per heavy atom. The van der Waals surface area contributed by atoms with Crippen LogP contribution in [0.3, 0.4) is 0 Å². The molecule has 2 aromatic heterocycles. The molecule has 1 amide bonds. The van der Waals surface area contributed by atoms with Crippen molar-refractivity contribution in [2.75, 3.05) is 18.4 Å². The summed E-state index contributed by atoms with van der Waals surface area (Å²) in [5, 5.41) is 8.90. The van der Waals surface area contributed by atoms with Gasteiger partial charge in [0.1, 0.15) is 0 Å². The Bertz CT molecular complexity index is 841. The number of anilines is 1. The second kappa shape index (κ2) is 5.47. The largest absolute Gasteiger partial charge is 0.315 e. The number of thiazole rings is 1. The number of rotatable bonds is 3. The number of pyridine rings is 1. The summed E-state index contributed by atoms with van der Waals surface area (Å²) in [7, 11) is 0. The van der Waals surface area contributed by atoms with Crippen molar-refractivity contribution < 1.29 is 4.79 Å². The molecule has 1 aromatic carbocycles. The van der Waals surface area contributed by atoms with Gasteiger partial charge in [0.25, 0.3) is 0 Å². The zero-order valence-corrected chi connectivity index (χ0v) is 12.6. The van der Waals surface area contributed by atoms with Crippen LogP contribution in [0.2, 0.25) is 0 Å². The van der Waals surface area contributed by atoms with Gasteiger partial charge in [0.05, 0.1) is 10.8 Å². The predicted octanol–water partition coefficient (Wildman–Crippen LogP) is 2.52. The van der Waals surface area contributed by atoms with Gasteiger partial charge in [0.2, 0.25) is 5.91 Å². The average Bonchev–Trinajstić information content (AvgIpc) is 2.93. The Balaban J connectivity index is 1.57. The van der Waals surface area contributed by atoms with E-state index in [-0.39, 0.29) is 11.8 Å². The van der Waals surface area contributed by atoms with Gasteiger partial charge in [-0.05, 0) is 23.1 Å². The molecule has 6 heteroatoms. The molecule has 3 aromatic rings. The van der Waals surface area contributed by atoms with E-state index < -0.39 is 0 Å². The van der Waals surface area contributed by atoms with Crippen LogP contribution in [0.1, 0.15) is 0 Å². The zero-order chi connectivity index (χ0) is 14.9. The van der Waals surface area contributed by atoms with Gasteiger partial charge in [-0.15, -0.1) is 0 Å². The van der Waals surface area contributed by atoms with Crippen molar-refractivity contribution in [3.63, 3.8) is 0 Å². The van der Waals surface area contributed by atoms with Crippen molar-refractivity contribution in [3.8, 4) is 10.4 Å². The molecule has 22 heavy (non-hydrogen) atoms. The fraction of sp³-hybridized carbons (Fsp3) is 0.188. The summed E-state index contributed by atoms with van der Waals surface area (Å²) in [4.78, 5) is 21.4. The van der Waals surface area contributed by atoms with Crippen molar-refractivity contribution in [1.29, 1.82) is 0 Å². The van der Waals surface area contributed by atoms with Crippen LogP contribution >= 0.6 is 11.3 Å². The molecule has 3 heterocycles. The highest BCUT2D eigenvalue weighted by Crippen LogP contribution is 2.31. The molecule has 0 bridgehead atoms. The summed E-state index contributed by atoms with van der Waals surface area (Å²) in [6.07, 6.45) is 5.45. The summed E-state index contributed by atoms with van der Waals surface area (Å²) in [5.41, 5.74) is 1.10. The van der Waals surface area contributed by atoms with Crippen LogP contribution in [-0.4, -0.2) is 29.0 Å². The molecule has 1 aliphatic heterocycles. The molecule has 0 radical (unpaired) electrons. The number of aromatic nitrogens is 2. The minimum absolute atomic E-state index is 0.0456. The van der Waals surface area contributed by atoms with Crippen LogP contribution in [0.15, 0.2) is 42.9 Å². The Labute approximate surface area is 131 Å². The van der Waals surface area contributed by atoms with Crippen LogP contribution in [0.25, 0.3) is 21.2 Å². The zero-order valence-electron chi connectivity index (χ0n) is 11.7. The number of fused-ring (bicyclic) bond motifs is 1. The number of carbonyl (C=O) groups is 1. The molecule has 0 unspecified atom stereocenters. The minimum Gasteiger partial charge on any atom is -0.315 e. The lowest BCUT2D eigenvalue weighted by atomic mass is 10.0. The Morgan fingerprint density at radius 3 is 2.95 bits per heavy atom. The third-order valence-corrected chi connectivity index (χ3v) is 4.78. The first-order valence-electron chi connectivity index (χ1n) is 7.11. The monoisotopic (exact) mass is 310 g/mol. The molecule has 0 saturated carbocycles. The van der Waals surface area contributed by atoms with Crippen LogP contribution in [0, 0.1) is 5.92 Å². The first-order chi connectivity index (χ1) is 10.8. The van der Waals surface area contributed by atoms with Gasteiger partial charge in [-0.2, -0.15) is 0 Å². The van der Waals surface area contributed by atoms with Crippen molar-refractivity contribution in [2.45, 2.75) is 0 Å². The van der Waals surface area contributed by atoms with E-state index in [9.17, 15) is 4.79 Å². The third kappa shape index (κ3) is 2.47. The van der Waals surface area contributed by atoms with Gasteiger partial charge in [-0.25, -0.2) is 4.98 Å². The van der Waals surface area contributed by atoms with E-state index in [4.69, 9.17) is 0 Å². The van der Waals surface area contributed by atoms with Crippen molar-refractivity contribution in [2.24, 2.45) is 5.92 Å². The standard InChI is InChI=1S/C16H14N4OS/c21-15(13-7-18-8-13)20-16-19-9-14(22-16)11-1-2-12-6-17-4-3-10(12)5-11/h1-6,9,13,18H,7-8H2,(H,19,20,21). The van der Waals surface area contributed by atoms with Gasteiger partial charge >= 0.3 is 0 Å². The molecule has 110 valence electrons. The van der Waals surface area contributed by atoms with E-state index in [1.54, 1.807) is 6.20 Å². The normalized spacial score (nSPS) is 14.7. The first-order valence-corrected chi connectivity index (χ1v) is 7.93. The molecular formula is C16H14N4OS. The molecule has 1 fully saturated rings. The number of carbonyl (C=O) groups excluding carboxylic acids is 1. The number of nitrogens with zero attached hydrogens (tertiary/aromatic N) is 2. The van der Waals surface area contributed by atoms with Crippen molar-refractivity contribution in [3.05, 3.63) is 42.9 Å². The molecule has 0 atom stereocenters. The number of amides is 1. The van der Waals surface area contributed by atoms with E-state index in [1.165, 1.54) is 11.3 Å². The minimum atomic E-state index is 0.0456. The molecule has 4 rings (SSSR count). The topological polar surface area (TPSA) is 66.9 Å². The molecule has 1 aliphatic rings. The smallest absolute Gasteiger partial charge is 0.231 e. The number of benzene rings is 1. The Morgan fingerprint density at radius 2 is 2.14 bits per heavy atom. The van der Waals surface area contributed by atoms with Crippen molar-refractivity contribution >= 4 is 33.1 Å². The van der Waals surface area contributed by atoms with Gasteiger partial charge in [0, 0.05) is 37.1 Å². The Kier molecular flexibility index (Phi) is 3.32. The molecule has 5 nitrogen and oxygen atoms in total.